The van der Waals surface area contributed by atoms with Crippen LogP contribution >= 0.6 is 15.9 Å². The lowest BCUT2D eigenvalue weighted by atomic mass is 10.2. The molecule has 0 saturated heterocycles. The van der Waals surface area contributed by atoms with Crippen molar-refractivity contribution in [3.8, 4) is 11.5 Å². The van der Waals surface area contributed by atoms with E-state index < -0.39 is 4.92 Å². The van der Waals surface area contributed by atoms with E-state index in [1.165, 1.54) is 12.1 Å². The molecule has 0 atom stereocenters. The maximum Gasteiger partial charge on any atom is 0.335 e. The first-order valence-electron chi connectivity index (χ1n) is 5.29. The SMILES string of the molecule is NNc1cccc(Oc2ccc(Br)cc2)c1[N+](=O)[O-]. The Morgan fingerprint density at radius 1 is 1.21 bits per heavy atom. The van der Waals surface area contributed by atoms with Crippen molar-refractivity contribution >= 4 is 27.3 Å². The number of benzene rings is 2. The molecule has 0 spiro atoms. The Morgan fingerprint density at radius 2 is 1.89 bits per heavy atom. The van der Waals surface area contributed by atoms with Gasteiger partial charge < -0.3 is 10.2 Å². The van der Waals surface area contributed by atoms with Crippen molar-refractivity contribution in [2.24, 2.45) is 5.84 Å². The Balaban J connectivity index is 2.39. The second kappa shape index (κ2) is 5.68. The molecule has 0 aliphatic rings. The molecule has 0 aliphatic carbocycles. The molecule has 0 unspecified atom stereocenters. The predicted octanol–water partition coefficient (Wildman–Crippen LogP) is 3.44. The highest BCUT2D eigenvalue weighted by Crippen LogP contribution is 2.37. The molecule has 0 fully saturated rings. The number of hydrogen-bond donors (Lipinski definition) is 2. The van der Waals surface area contributed by atoms with Crippen LogP contribution in [0.4, 0.5) is 11.4 Å². The number of nitrogens with two attached hydrogens (primary N) is 1. The number of nitro groups is 1. The minimum atomic E-state index is -0.538. The number of nitrogens with zero attached hydrogens (tertiary/aromatic N) is 1. The number of ether oxygens (including phenoxy) is 1. The topological polar surface area (TPSA) is 90.4 Å². The van der Waals surface area contributed by atoms with Crippen molar-refractivity contribution in [3.63, 3.8) is 0 Å². The summed E-state index contributed by atoms with van der Waals surface area (Å²) >= 11 is 3.30. The molecule has 3 N–H and O–H groups in total. The van der Waals surface area contributed by atoms with Crippen LogP contribution in [0.5, 0.6) is 11.5 Å². The zero-order chi connectivity index (χ0) is 13.8. The molecule has 0 heterocycles. The maximum absolute atomic E-state index is 11.1. The third kappa shape index (κ3) is 3.01. The van der Waals surface area contributed by atoms with E-state index in [0.717, 1.165) is 4.47 Å². The third-order valence-electron chi connectivity index (χ3n) is 2.38. The Labute approximate surface area is 117 Å². The second-order valence-electron chi connectivity index (χ2n) is 3.61. The van der Waals surface area contributed by atoms with Crippen molar-refractivity contribution in [2.45, 2.75) is 0 Å². The number of nitro benzene ring substituents is 1. The number of anilines is 1. The summed E-state index contributed by atoms with van der Waals surface area (Å²) in [6.07, 6.45) is 0. The van der Waals surface area contributed by atoms with Gasteiger partial charge in [0.25, 0.3) is 0 Å². The first kappa shape index (κ1) is 13.3. The Morgan fingerprint density at radius 3 is 2.47 bits per heavy atom. The number of para-hydroxylation sites is 1. The van der Waals surface area contributed by atoms with Gasteiger partial charge in [-0.25, -0.2) is 0 Å². The summed E-state index contributed by atoms with van der Waals surface area (Å²) in [4.78, 5) is 10.5. The lowest BCUT2D eigenvalue weighted by molar-refractivity contribution is -0.384. The Kier molecular flexibility index (Phi) is 3.98. The molecule has 2 rings (SSSR count). The van der Waals surface area contributed by atoms with E-state index in [-0.39, 0.29) is 17.1 Å². The van der Waals surface area contributed by atoms with Crippen LogP contribution in [0.15, 0.2) is 46.9 Å². The Bertz CT molecular complexity index is 602. The van der Waals surface area contributed by atoms with Crippen LogP contribution in [-0.2, 0) is 0 Å². The first-order chi connectivity index (χ1) is 9.11. The van der Waals surface area contributed by atoms with Crippen LogP contribution in [-0.4, -0.2) is 4.92 Å². The third-order valence-corrected chi connectivity index (χ3v) is 2.91. The average Bonchev–Trinajstić information content (AvgIpc) is 2.40. The van der Waals surface area contributed by atoms with Crippen LogP contribution in [0.2, 0.25) is 0 Å². The first-order valence-corrected chi connectivity index (χ1v) is 6.08. The summed E-state index contributed by atoms with van der Waals surface area (Å²) in [5.41, 5.74) is 2.28. The normalized spacial score (nSPS) is 10.0. The highest BCUT2D eigenvalue weighted by Gasteiger charge is 2.20. The van der Waals surface area contributed by atoms with E-state index in [1.807, 2.05) is 0 Å². The van der Waals surface area contributed by atoms with Crippen LogP contribution in [0.3, 0.4) is 0 Å². The zero-order valence-corrected chi connectivity index (χ0v) is 11.3. The molecule has 19 heavy (non-hydrogen) atoms. The van der Waals surface area contributed by atoms with Gasteiger partial charge in [-0.05, 0) is 36.4 Å². The number of nitrogen functional groups attached to an aromatic ring is 1. The molecule has 7 heteroatoms. The standard InChI is InChI=1S/C12H10BrN3O3/c13-8-4-6-9(7-5-8)19-11-3-1-2-10(15-14)12(11)16(17)18/h1-7,15H,14H2. The molecular weight excluding hydrogens is 314 g/mol. The van der Waals surface area contributed by atoms with Crippen molar-refractivity contribution in [3.05, 3.63) is 57.1 Å². The van der Waals surface area contributed by atoms with Gasteiger partial charge in [0.2, 0.25) is 5.75 Å². The van der Waals surface area contributed by atoms with Gasteiger partial charge in [-0.1, -0.05) is 22.0 Å². The highest BCUT2D eigenvalue weighted by atomic mass is 79.9. The Hall–Kier alpha value is -2.12. The number of rotatable bonds is 4. The molecular formula is C12H10BrN3O3. The largest absolute Gasteiger partial charge is 0.450 e. The highest BCUT2D eigenvalue weighted by molar-refractivity contribution is 9.10. The van der Waals surface area contributed by atoms with E-state index in [9.17, 15) is 10.1 Å². The van der Waals surface area contributed by atoms with Crippen molar-refractivity contribution in [2.75, 3.05) is 5.43 Å². The van der Waals surface area contributed by atoms with Crippen LogP contribution in [0.25, 0.3) is 0 Å². The smallest absolute Gasteiger partial charge is 0.335 e. The molecule has 98 valence electrons. The molecule has 2 aromatic rings. The number of hydrazine groups is 1. The summed E-state index contributed by atoms with van der Waals surface area (Å²) in [5, 5.41) is 11.1. The molecule has 0 amide bonds. The monoisotopic (exact) mass is 323 g/mol. The fourth-order valence-corrected chi connectivity index (χ4v) is 1.80. The van der Waals surface area contributed by atoms with Crippen LogP contribution < -0.4 is 16.0 Å². The molecule has 0 bridgehead atoms. The molecule has 0 aliphatic heterocycles. The van der Waals surface area contributed by atoms with E-state index in [0.29, 0.717) is 5.75 Å². The van der Waals surface area contributed by atoms with Crippen LogP contribution in [0, 0.1) is 10.1 Å². The van der Waals surface area contributed by atoms with E-state index in [4.69, 9.17) is 10.6 Å². The number of halogens is 1. The summed E-state index contributed by atoms with van der Waals surface area (Å²) < 4.78 is 6.41. The quantitative estimate of drug-likeness (QED) is 0.511. The van der Waals surface area contributed by atoms with Gasteiger partial charge in [0.15, 0.2) is 0 Å². The van der Waals surface area contributed by atoms with Crippen LogP contribution in [0.1, 0.15) is 0 Å². The van der Waals surface area contributed by atoms with Gasteiger partial charge >= 0.3 is 5.69 Å². The van der Waals surface area contributed by atoms with Gasteiger partial charge in [0.05, 0.1) is 4.92 Å². The molecule has 0 radical (unpaired) electrons. The van der Waals surface area contributed by atoms with Crippen molar-refractivity contribution in [1.82, 2.24) is 0 Å². The van der Waals surface area contributed by atoms with Crippen molar-refractivity contribution in [1.29, 1.82) is 0 Å². The van der Waals surface area contributed by atoms with E-state index >= 15 is 0 Å². The summed E-state index contributed by atoms with van der Waals surface area (Å²) in [6.45, 7) is 0. The number of nitrogens with one attached hydrogen (secondary N) is 1. The predicted molar refractivity (Wildman–Crippen MR) is 75.1 cm³/mol. The molecule has 0 aromatic heterocycles. The van der Waals surface area contributed by atoms with Crippen molar-refractivity contribution < 1.29 is 9.66 Å². The molecule has 2 aromatic carbocycles. The summed E-state index contributed by atoms with van der Waals surface area (Å²) in [7, 11) is 0. The van der Waals surface area contributed by atoms with Gasteiger partial charge in [-0.3, -0.25) is 16.0 Å². The summed E-state index contributed by atoms with van der Waals surface area (Å²) in [5.74, 6) is 5.88. The molecule has 0 saturated carbocycles. The number of hydrogen-bond acceptors (Lipinski definition) is 5. The zero-order valence-electron chi connectivity index (χ0n) is 9.67. The van der Waals surface area contributed by atoms with Gasteiger partial charge in [-0.15, -0.1) is 0 Å². The lowest BCUT2D eigenvalue weighted by Crippen LogP contribution is -2.09. The van der Waals surface area contributed by atoms with Gasteiger partial charge in [0, 0.05) is 4.47 Å². The fraction of sp³-hybridized carbons (Fsp3) is 0. The summed E-state index contributed by atoms with van der Waals surface area (Å²) in [6, 6.07) is 11.6. The lowest BCUT2D eigenvalue weighted by Gasteiger charge is -2.09. The maximum atomic E-state index is 11.1. The van der Waals surface area contributed by atoms with E-state index in [2.05, 4.69) is 21.4 Å². The minimum Gasteiger partial charge on any atom is -0.450 e. The average molecular weight is 324 g/mol. The van der Waals surface area contributed by atoms with E-state index in [1.54, 1.807) is 30.3 Å². The van der Waals surface area contributed by atoms with Gasteiger partial charge in [0.1, 0.15) is 11.4 Å². The fourth-order valence-electron chi connectivity index (χ4n) is 1.54. The van der Waals surface area contributed by atoms with Gasteiger partial charge in [-0.2, -0.15) is 0 Å². The minimum absolute atomic E-state index is 0.128. The second-order valence-corrected chi connectivity index (χ2v) is 4.53. The molecule has 6 nitrogen and oxygen atoms in total.